The molecule has 8 heteroatoms. The molecule has 2 heterocycles. The predicted molar refractivity (Wildman–Crippen MR) is 102 cm³/mol. The van der Waals surface area contributed by atoms with Crippen LogP contribution >= 0.6 is 11.6 Å². The standard InChI is InChI=1S/C18H17ClN4O3/c1-10(21-13-4-3-5-14(8-13)22-18(25)26-2)15-7-11-6-12(19)9-20-16(11)23-17(15)24/h3-10,21H,1-2H3,(H,22,25)(H,20,23,24)/t10-/m0/s1. The third-order valence-electron chi connectivity index (χ3n) is 3.83. The van der Waals surface area contributed by atoms with Gasteiger partial charge in [0, 0.05) is 28.5 Å². The number of nitrogens with one attached hydrogen (secondary N) is 3. The SMILES string of the molecule is COC(=O)Nc1cccc(N[C@@H](C)c2cc3cc(Cl)cnc3[nH]c2=O)c1. The molecule has 0 saturated carbocycles. The van der Waals surface area contributed by atoms with Crippen molar-refractivity contribution in [2.24, 2.45) is 0 Å². The van der Waals surface area contributed by atoms with Gasteiger partial charge in [0.15, 0.2) is 0 Å². The Labute approximate surface area is 154 Å². The van der Waals surface area contributed by atoms with E-state index in [1.165, 1.54) is 13.3 Å². The third-order valence-corrected chi connectivity index (χ3v) is 4.04. The van der Waals surface area contributed by atoms with Crippen molar-refractivity contribution in [3.8, 4) is 0 Å². The number of pyridine rings is 2. The fraction of sp³-hybridized carbons (Fsp3) is 0.167. The lowest BCUT2D eigenvalue weighted by Crippen LogP contribution is -2.19. The monoisotopic (exact) mass is 372 g/mol. The first-order valence-corrected chi connectivity index (χ1v) is 8.24. The summed E-state index contributed by atoms with van der Waals surface area (Å²) in [5.74, 6) is 0. The van der Waals surface area contributed by atoms with Gasteiger partial charge in [0.1, 0.15) is 5.65 Å². The first kappa shape index (κ1) is 17.8. The van der Waals surface area contributed by atoms with E-state index in [4.69, 9.17) is 11.6 Å². The van der Waals surface area contributed by atoms with Gasteiger partial charge in [-0.25, -0.2) is 9.78 Å². The van der Waals surface area contributed by atoms with Gasteiger partial charge in [-0.2, -0.15) is 0 Å². The summed E-state index contributed by atoms with van der Waals surface area (Å²) in [5.41, 5.74) is 2.14. The number of hydrogen-bond acceptors (Lipinski definition) is 5. The van der Waals surface area contributed by atoms with Gasteiger partial charge in [-0.3, -0.25) is 10.1 Å². The summed E-state index contributed by atoms with van der Waals surface area (Å²) in [7, 11) is 1.30. The van der Waals surface area contributed by atoms with E-state index in [9.17, 15) is 9.59 Å². The largest absolute Gasteiger partial charge is 0.453 e. The smallest absolute Gasteiger partial charge is 0.411 e. The van der Waals surface area contributed by atoms with Crippen LogP contribution in [0.3, 0.4) is 0 Å². The van der Waals surface area contributed by atoms with Gasteiger partial charge in [-0.05, 0) is 37.3 Å². The summed E-state index contributed by atoms with van der Waals surface area (Å²) in [6, 6.07) is 10.3. The number of benzene rings is 1. The van der Waals surface area contributed by atoms with Gasteiger partial charge < -0.3 is 15.0 Å². The number of anilines is 2. The Balaban J connectivity index is 1.86. The van der Waals surface area contributed by atoms with E-state index in [1.54, 1.807) is 30.3 Å². The van der Waals surface area contributed by atoms with E-state index in [-0.39, 0.29) is 11.6 Å². The number of H-pyrrole nitrogens is 1. The number of aromatic nitrogens is 2. The highest BCUT2D eigenvalue weighted by atomic mass is 35.5. The minimum absolute atomic E-state index is 0.226. The number of methoxy groups -OCH3 is 1. The van der Waals surface area contributed by atoms with Crippen LogP contribution < -0.4 is 16.2 Å². The summed E-state index contributed by atoms with van der Waals surface area (Å²) in [6.45, 7) is 1.87. The molecule has 0 aliphatic carbocycles. The molecule has 3 N–H and O–H groups in total. The first-order valence-electron chi connectivity index (χ1n) is 7.86. The van der Waals surface area contributed by atoms with Crippen molar-refractivity contribution in [2.75, 3.05) is 17.7 Å². The van der Waals surface area contributed by atoms with E-state index >= 15 is 0 Å². The fourth-order valence-corrected chi connectivity index (χ4v) is 2.75. The van der Waals surface area contributed by atoms with Crippen molar-refractivity contribution >= 4 is 40.1 Å². The maximum absolute atomic E-state index is 12.4. The molecule has 0 unspecified atom stereocenters. The van der Waals surface area contributed by atoms with Crippen LogP contribution in [0.5, 0.6) is 0 Å². The van der Waals surface area contributed by atoms with Crippen molar-refractivity contribution in [3.63, 3.8) is 0 Å². The minimum atomic E-state index is -0.550. The topological polar surface area (TPSA) is 96.1 Å². The van der Waals surface area contributed by atoms with E-state index in [2.05, 4.69) is 25.3 Å². The Kier molecular flexibility index (Phi) is 5.09. The highest BCUT2D eigenvalue weighted by Gasteiger charge is 2.12. The number of carbonyl (C=O) groups is 1. The Morgan fingerprint density at radius 2 is 2.04 bits per heavy atom. The summed E-state index contributed by atoms with van der Waals surface area (Å²) in [4.78, 5) is 30.5. The molecule has 1 aromatic carbocycles. The van der Waals surface area contributed by atoms with Gasteiger partial charge >= 0.3 is 6.09 Å². The van der Waals surface area contributed by atoms with Crippen molar-refractivity contribution in [1.29, 1.82) is 0 Å². The quantitative estimate of drug-likeness (QED) is 0.644. The number of aromatic amines is 1. The number of halogens is 1. The van der Waals surface area contributed by atoms with Gasteiger partial charge in [-0.15, -0.1) is 0 Å². The van der Waals surface area contributed by atoms with Gasteiger partial charge in [0.25, 0.3) is 5.56 Å². The molecular formula is C18H17ClN4O3. The second-order valence-corrected chi connectivity index (χ2v) is 6.15. The maximum atomic E-state index is 12.4. The molecule has 26 heavy (non-hydrogen) atoms. The molecule has 0 radical (unpaired) electrons. The zero-order chi connectivity index (χ0) is 18.7. The van der Waals surface area contributed by atoms with Crippen LogP contribution in [0.15, 0.2) is 47.4 Å². The molecule has 2 aromatic heterocycles. The lowest BCUT2D eigenvalue weighted by Gasteiger charge is -2.16. The number of nitrogens with zero attached hydrogens (tertiary/aromatic N) is 1. The lowest BCUT2D eigenvalue weighted by atomic mass is 10.1. The highest BCUT2D eigenvalue weighted by molar-refractivity contribution is 6.31. The molecule has 0 spiro atoms. The molecule has 0 aliphatic rings. The van der Waals surface area contributed by atoms with Gasteiger partial charge in [0.05, 0.1) is 18.2 Å². The highest BCUT2D eigenvalue weighted by Crippen LogP contribution is 2.22. The van der Waals surface area contributed by atoms with Gasteiger partial charge in [-0.1, -0.05) is 17.7 Å². The number of hydrogen-bond donors (Lipinski definition) is 3. The average molecular weight is 373 g/mol. The minimum Gasteiger partial charge on any atom is -0.453 e. The number of fused-ring (bicyclic) bond motifs is 1. The summed E-state index contributed by atoms with van der Waals surface area (Å²) < 4.78 is 4.58. The van der Waals surface area contributed by atoms with Crippen LogP contribution in [0, 0.1) is 0 Å². The molecule has 0 aliphatic heterocycles. The van der Waals surface area contributed by atoms with E-state index in [0.717, 1.165) is 11.1 Å². The second-order valence-electron chi connectivity index (χ2n) is 5.71. The zero-order valence-electron chi connectivity index (χ0n) is 14.2. The van der Waals surface area contributed by atoms with Crippen LogP contribution in [0.2, 0.25) is 5.02 Å². The molecule has 0 saturated heterocycles. The molecule has 0 bridgehead atoms. The molecular weight excluding hydrogens is 356 g/mol. The van der Waals surface area contributed by atoms with E-state index < -0.39 is 6.09 Å². The van der Waals surface area contributed by atoms with Gasteiger partial charge in [0.2, 0.25) is 0 Å². The van der Waals surface area contributed by atoms with Crippen molar-refractivity contribution in [1.82, 2.24) is 9.97 Å². The van der Waals surface area contributed by atoms with Crippen LogP contribution in [0.1, 0.15) is 18.5 Å². The fourth-order valence-electron chi connectivity index (χ4n) is 2.59. The van der Waals surface area contributed by atoms with Crippen LogP contribution in [0.25, 0.3) is 11.0 Å². The number of ether oxygens (including phenoxy) is 1. The Bertz CT molecular complexity index is 1020. The Morgan fingerprint density at radius 3 is 2.81 bits per heavy atom. The van der Waals surface area contributed by atoms with Crippen LogP contribution in [0.4, 0.5) is 16.2 Å². The summed E-state index contributed by atoms with van der Waals surface area (Å²) in [5, 5.41) is 7.09. The van der Waals surface area contributed by atoms with Crippen LogP contribution in [-0.4, -0.2) is 23.2 Å². The molecule has 0 fully saturated rings. The van der Waals surface area contributed by atoms with Crippen molar-refractivity contribution in [3.05, 3.63) is 63.5 Å². The van der Waals surface area contributed by atoms with Crippen molar-refractivity contribution < 1.29 is 9.53 Å². The maximum Gasteiger partial charge on any atom is 0.411 e. The average Bonchev–Trinajstić information content (AvgIpc) is 2.61. The zero-order valence-corrected chi connectivity index (χ0v) is 14.9. The second kappa shape index (κ2) is 7.45. The Hall–Kier alpha value is -3.06. The molecule has 1 amide bonds. The van der Waals surface area contributed by atoms with E-state index in [1.807, 2.05) is 13.0 Å². The molecule has 7 nitrogen and oxygen atoms in total. The number of rotatable bonds is 4. The third kappa shape index (κ3) is 3.94. The molecule has 3 rings (SSSR count). The predicted octanol–water partition coefficient (Wildman–Crippen LogP) is 3.93. The summed E-state index contributed by atoms with van der Waals surface area (Å²) >= 11 is 5.98. The molecule has 134 valence electrons. The van der Waals surface area contributed by atoms with Crippen LogP contribution in [-0.2, 0) is 4.74 Å². The first-order chi connectivity index (χ1) is 12.5. The molecule has 3 aromatic rings. The normalized spacial score (nSPS) is 11.8. The number of amides is 1. The van der Waals surface area contributed by atoms with E-state index in [0.29, 0.717) is 21.9 Å². The Morgan fingerprint density at radius 1 is 1.27 bits per heavy atom. The number of carbonyl (C=O) groups excluding carboxylic acids is 1. The summed E-state index contributed by atoms with van der Waals surface area (Å²) in [6.07, 6.45) is 0.937. The lowest BCUT2D eigenvalue weighted by molar-refractivity contribution is 0.187. The van der Waals surface area contributed by atoms with Crippen molar-refractivity contribution in [2.45, 2.75) is 13.0 Å². The molecule has 1 atom stereocenters.